The molecule has 0 spiro atoms. The van der Waals surface area contributed by atoms with Crippen molar-refractivity contribution >= 4 is 5.97 Å². The number of cyclic esters (lactones) is 1. The fraction of sp³-hybridized carbons (Fsp3) is 0.833. The van der Waals surface area contributed by atoms with Crippen molar-refractivity contribution in [3.8, 4) is 0 Å². The molecular formula is C18H36O5. The van der Waals surface area contributed by atoms with Gasteiger partial charge in [0.05, 0.1) is 13.0 Å². The Hall–Kier alpha value is -0.910. The zero-order chi connectivity index (χ0) is 18.1. The second-order valence-electron chi connectivity index (χ2n) is 6.16. The molecule has 0 amide bonds. The van der Waals surface area contributed by atoms with Crippen molar-refractivity contribution in [1.82, 2.24) is 0 Å². The van der Waals surface area contributed by atoms with Crippen LogP contribution in [0.25, 0.3) is 0 Å². The van der Waals surface area contributed by atoms with Crippen LogP contribution in [0.4, 0.5) is 0 Å². The molecule has 0 aromatic carbocycles. The summed E-state index contributed by atoms with van der Waals surface area (Å²) in [5.41, 5.74) is 0.0636. The predicted molar refractivity (Wildman–Crippen MR) is 93.5 cm³/mol. The van der Waals surface area contributed by atoms with Crippen molar-refractivity contribution in [2.75, 3.05) is 33.5 Å². The lowest BCUT2D eigenvalue weighted by molar-refractivity contribution is -0.164. The van der Waals surface area contributed by atoms with Crippen LogP contribution in [0.15, 0.2) is 13.2 Å². The zero-order valence-corrected chi connectivity index (χ0v) is 15.4. The van der Waals surface area contributed by atoms with Crippen LogP contribution in [0.3, 0.4) is 0 Å². The van der Waals surface area contributed by atoms with Crippen molar-refractivity contribution in [1.29, 1.82) is 0 Å². The number of aliphatic hydroxyl groups is 1. The number of hydrogen-bond donors (Lipinski definition) is 1. The van der Waals surface area contributed by atoms with Gasteiger partial charge in [-0.1, -0.05) is 27.2 Å². The maximum Gasteiger partial charge on any atom is 0.306 e. The maximum absolute atomic E-state index is 11.3. The molecule has 0 bridgehead atoms. The highest BCUT2D eigenvalue weighted by atomic mass is 16.6. The van der Waals surface area contributed by atoms with E-state index in [9.17, 15) is 4.79 Å². The lowest BCUT2D eigenvalue weighted by Crippen LogP contribution is -2.37. The van der Waals surface area contributed by atoms with E-state index in [0.29, 0.717) is 19.6 Å². The van der Waals surface area contributed by atoms with Crippen LogP contribution in [-0.2, 0) is 19.0 Å². The van der Waals surface area contributed by atoms with Gasteiger partial charge >= 0.3 is 5.97 Å². The summed E-state index contributed by atoms with van der Waals surface area (Å²) in [5.74, 6) is -0.0876. The lowest BCUT2D eigenvalue weighted by atomic mass is 9.82. The molecule has 1 fully saturated rings. The molecule has 1 aliphatic heterocycles. The van der Waals surface area contributed by atoms with Gasteiger partial charge in [0.25, 0.3) is 0 Å². The Balaban J connectivity index is 0. The summed E-state index contributed by atoms with van der Waals surface area (Å²) in [5, 5.41) is 8.12. The van der Waals surface area contributed by atoms with Crippen LogP contribution in [0.5, 0.6) is 0 Å². The van der Waals surface area contributed by atoms with Crippen LogP contribution in [0.1, 0.15) is 52.9 Å². The summed E-state index contributed by atoms with van der Waals surface area (Å²) >= 11 is 0. The van der Waals surface area contributed by atoms with Gasteiger partial charge in [0, 0.05) is 26.9 Å². The van der Waals surface area contributed by atoms with E-state index < -0.39 is 0 Å². The van der Waals surface area contributed by atoms with Crippen molar-refractivity contribution in [3.63, 3.8) is 0 Å². The topological polar surface area (TPSA) is 65.0 Å². The van der Waals surface area contributed by atoms with Gasteiger partial charge in [0.15, 0.2) is 0 Å². The van der Waals surface area contributed by atoms with Gasteiger partial charge in [0.1, 0.15) is 6.10 Å². The van der Waals surface area contributed by atoms with E-state index >= 15 is 0 Å². The molecular weight excluding hydrogens is 296 g/mol. The Morgan fingerprint density at radius 1 is 1.30 bits per heavy atom. The fourth-order valence-electron chi connectivity index (χ4n) is 2.11. The largest absolute Gasteiger partial charge is 0.460 e. The van der Waals surface area contributed by atoms with E-state index in [0.717, 1.165) is 32.3 Å². The quantitative estimate of drug-likeness (QED) is 0.419. The van der Waals surface area contributed by atoms with Gasteiger partial charge < -0.3 is 19.3 Å². The van der Waals surface area contributed by atoms with Gasteiger partial charge in [-0.2, -0.15) is 0 Å². The van der Waals surface area contributed by atoms with Gasteiger partial charge in [-0.3, -0.25) is 4.79 Å². The molecule has 0 saturated carbocycles. The number of methoxy groups -OCH3 is 1. The van der Waals surface area contributed by atoms with Crippen molar-refractivity contribution in [2.45, 2.75) is 59.0 Å². The van der Waals surface area contributed by atoms with Crippen LogP contribution in [-0.4, -0.2) is 50.7 Å². The van der Waals surface area contributed by atoms with Crippen LogP contribution < -0.4 is 0 Å². The molecule has 1 heterocycles. The van der Waals surface area contributed by atoms with Gasteiger partial charge in [-0.15, -0.1) is 13.2 Å². The lowest BCUT2D eigenvalue weighted by Gasteiger charge is -2.34. The Labute approximate surface area is 142 Å². The summed E-state index contributed by atoms with van der Waals surface area (Å²) in [6.45, 7) is 14.6. The number of rotatable bonds is 8. The summed E-state index contributed by atoms with van der Waals surface area (Å²) in [6, 6.07) is 0. The van der Waals surface area contributed by atoms with Crippen LogP contribution in [0, 0.1) is 5.41 Å². The van der Waals surface area contributed by atoms with Gasteiger partial charge in [0.2, 0.25) is 0 Å². The molecule has 23 heavy (non-hydrogen) atoms. The number of carbonyl (C=O) groups is 1. The highest BCUT2D eigenvalue weighted by Crippen LogP contribution is 2.32. The Bertz CT molecular complexity index is 275. The zero-order valence-electron chi connectivity index (χ0n) is 15.4. The molecule has 1 saturated heterocycles. The van der Waals surface area contributed by atoms with Gasteiger partial charge in [-0.25, -0.2) is 0 Å². The third kappa shape index (κ3) is 15.8. The van der Waals surface area contributed by atoms with Crippen LogP contribution >= 0.6 is 0 Å². The summed E-state index contributed by atoms with van der Waals surface area (Å²) < 4.78 is 15.3. The third-order valence-corrected chi connectivity index (χ3v) is 3.15. The number of aliphatic hydroxyl groups excluding tert-OH is 1. The van der Waals surface area contributed by atoms with E-state index in [1.807, 2.05) is 0 Å². The minimum Gasteiger partial charge on any atom is -0.460 e. The van der Waals surface area contributed by atoms with E-state index in [-0.39, 0.29) is 24.1 Å². The predicted octanol–water partition coefficient (Wildman–Crippen LogP) is 3.35. The maximum atomic E-state index is 11.3. The van der Waals surface area contributed by atoms with E-state index in [2.05, 4.69) is 38.7 Å². The molecule has 1 aliphatic rings. The number of carbonyl (C=O) groups excluding carboxylic acids is 1. The fourth-order valence-corrected chi connectivity index (χ4v) is 2.11. The number of esters is 1. The highest BCUT2D eigenvalue weighted by molar-refractivity contribution is 5.71. The molecule has 138 valence electrons. The monoisotopic (exact) mass is 332 g/mol. The first-order valence-electron chi connectivity index (χ1n) is 8.32. The van der Waals surface area contributed by atoms with E-state index in [1.165, 1.54) is 0 Å². The standard InChI is InChI=1S/C12H22O3.C4H10O2.C2H4/c1-4-5-6-14-9-10-7-12(2,3)8-11(13)15-10;1-6-4-2-3-5;1-2/h10H,4-9H2,1-3H3;5H,2-4H2,1H3;1-2H2. The van der Waals surface area contributed by atoms with Gasteiger partial charge in [-0.05, 0) is 24.7 Å². The molecule has 0 aromatic heterocycles. The number of ether oxygens (including phenoxy) is 3. The molecule has 0 radical (unpaired) electrons. The Morgan fingerprint density at radius 2 is 1.96 bits per heavy atom. The van der Waals surface area contributed by atoms with E-state index in [4.69, 9.17) is 14.6 Å². The Morgan fingerprint density at radius 3 is 2.39 bits per heavy atom. The molecule has 1 atom stereocenters. The summed E-state index contributed by atoms with van der Waals surface area (Å²) in [7, 11) is 1.62. The average molecular weight is 332 g/mol. The third-order valence-electron chi connectivity index (χ3n) is 3.15. The number of hydrogen-bond acceptors (Lipinski definition) is 5. The first kappa shape index (κ1) is 24.3. The molecule has 1 N–H and O–H groups in total. The molecule has 0 aromatic rings. The normalized spacial score (nSPS) is 18.8. The first-order chi connectivity index (χ1) is 10.9. The number of unbranched alkanes of at least 4 members (excludes halogenated alkanes) is 1. The minimum atomic E-state index is -0.0876. The second-order valence-corrected chi connectivity index (χ2v) is 6.16. The molecule has 5 heteroatoms. The molecule has 1 rings (SSSR count). The van der Waals surface area contributed by atoms with E-state index in [1.54, 1.807) is 7.11 Å². The molecule has 0 aliphatic carbocycles. The Kier molecular flexibility index (Phi) is 16.9. The summed E-state index contributed by atoms with van der Waals surface area (Å²) in [6.07, 6.45) is 4.35. The SMILES string of the molecule is C=C.CCCCOCC1CC(C)(C)CC(=O)O1.COCCCO. The molecule has 5 nitrogen and oxygen atoms in total. The highest BCUT2D eigenvalue weighted by Gasteiger charge is 2.34. The summed E-state index contributed by atoms with van der Waals surface area (Å²) in [4.78, 5) is 11.3. The average Bonchev–Trinajstić information content (AvgIpc) is 2.50. The smallest absolute Gasteiger partial charge is 0.306 e. The minimum absolute atomic E-state index is 0.0434. The van der Waals surface area contributed by atoms with Crippen molar-refractivity contribution in [2.24, 2.45) is 5.41 Å². The first-order valence-corrected chi connectivity index (χ1v) is 8.32. The molecule has 1 unspecified atom stereocenters. The van der Waals surface area contributed by atoms with Crippen molar-refractivity contribution in [3.05, 3.63) is 13.2 Å². The van der Waals surface area contributed by atoms with Crippen LogP contribution in [0.2, 0.25) is 0 Å². The second kappa shape index (κ2) is 16.0. The van der Waals surface area contributed by atoms with Crippen molar-refractivity contribution < 1.29 is 24.1 Å².